The number of pyridine rings is 1. The molecule has 0 saturated carbocycles. The van der Waals surface area contributed by atoms with Gasteiger partial charge in [0.05, 0.1) is 7.11 Å². The fourth-order valence-corrected chi connectivity index (χ4v) is 1.68. The Morgan fingerprint density at radius 2 is 1.94 bits per heavy atom. The molecule has 0 atom stereocenters. The van der Waals surface area contributed by atoms with Gasteiger partial charge >= 0.3 is 0 Å². The van der Waals surface area contributed by atoms with E-state index in [9.17, 15) is 0 Å². The van der Waals surface area contributed by atoms with Crippen molar-refractivity contribution >= 4 is 11.6 Å². The Bertz CT molecular complexity index is 468. The van der Waals surface area contributed by atoms with Crippen LogP contribution in [0.5, 0.6) is 5.75 Å². The summed E-state index contributed by atoms with van der Waals surface area (Å²) >= 11 is 6.07. The molecule has 2 aromatic rings. The van der Waals surface area contributed by atoms with Gasteiger partial charge in [0.15, 0.2) is 0 Å². The van der Waals surface area contributed by atoms with Crippen LogP contribution in [0.2, 0.25) is 5.02 Å². The summed E-state index contributed by atoms with van der Waals surface area (Å²) in [4.78, 5) is 4.07. The van der Waals surface area contributed by atoms with E-state index in [1.165, 1.54) is 5.56 Å². The molecular formula is C13H12ClNO. The number of hydrogen-bond acceptors (Lipinski definition) is 2. The molecule has 2 nitrogen and oxygen atoms in total. The normalized spacial score (nSPS) is 10.1. The zero-order valence-electron chi connectivity index (χ0n) is 8.98. The van der Waals surface area contributed by atoms with Gasteiger partial charge in [0.2, 0.25) is 0 Å². The van der Waals surface area contributed by atoms with Gasteiger partial charge in [0, 0.05) is 23.8 Å². The van der Waals surface area contributed by atoms with Crippen LogP contribution in [-0.4, -0.2) is 12.1 Å². The molecule has 0 aliphatic heterocycles. The first-order valence-electron chi connectivity index (χ1n) is 5.01. The fraction of sp³-hybridized carbons (Fsp3) is 0.154. The molecule has 0 fully saturated rings. The Kier molecular flexibility index (Phi) is 3.42. The molecule has 0 aliphatic rings. The minimum atomic E-state index is 0.755. The van der Waals surface area contributed by atoms with E-state index in [4.69, 9.17) is 16.3 Å². The van der Waals surface area contributed by atoms with Crippen LogP contribution in [0.25, 0.3) is 0 Å². The van der Waals surface area contributed by atoms with E-state index in [1.807, 2.05) is 24.3 Å². The third-order valence-corrected chi connectivity index (χ3v) is 2.77. The van der Waals surface area contributed by atoms with Crippen molar-refractivity contribution in [1.82, 2.24) is 4.98 Å². The van der Waals surface area contributed by atoms with Crippen LogP contribution in [-0.2, 0) is 6.42 Å². The maximum absolute atomic E-state index is 6.07. The predicted octanol–water partition coefficient (Wildman–Crippen LogP) is 3.33. The van der Waals surface area contributed by atoms with E-state index in [2.05, 4.69) is 4.98 Å². The summed E-state index contributed by atoms with van der Waals surface area (Å²) in [6, 6.07) is 9.75. The molecular weight excluding hydrogens is 222 g/mol. The summed E-state index contributed by atoms with van der Waals surface area (Å²) in [6.45, 7) is 0. The lowest BCUT2D eigenvalue weighted by atomic mass is 10.1. The van der Waals surface area contributed by atoms with Gasteiger partial charge in [-0.25, -0.2) is 0 Å². The van der Waals surface area contributed by atoms with Crippen molar-refractivity contribution in [3.8, 4) is 5.75 Å². The average molecular weight is 234 g/mol. The molecule has 0 spiro atoms. The van der Waals surface area contributed by atoms with Gasteiger partial charge in [-0.05, 0) is 29.3 Å². The van der Waals surface area contributed by atoms with E-state index in [-0.39, 0.29) is 0 Å². The van der Waals surface area contributed by atoms with Crippen molar-refractivity contribution in [2.24, 2.45) is 0 Å². The highest BCUT2D eigenvalue weighted by Gasteiger charge is 2.01. The Morgan fingerprint density at radius 3 is 2.56 bits per heavy atom. The van der Waals surface area contributed by atoms with E-state index < -0.39 is 0 Å². The van der Waals surface area contributed by atoms with Crippen molar-refractivity contribution in [3.63, 3.8) is 0 Å². The first kappa shape index (κ1) is 11.0. The number of halogens is 1. The highest BCUT2D eigenvalue weighted by Crippen LogP contribution is 2.19. The maximum atomic E-state index is 6.07. The highest BCUT2D eigenvalue weighted by molar-refractivity contribution is 6.31. The van der Waals surface area contributed by atoms with Crippen LogP contribution in [0.1, 0.15) is 11.1 Å². The Hall–Kier alpha value is -1.54. The second-order valence-electron chi connectivity index (χ2n) is 3.49. The van der Waals surface area contributed by atoms with Crippen LogP contribution in [0.3, 0.4) is 0 Å². The summed E-state index contributed by atoms with van der Waals surface area (Å²) in [6.07, 6.45) is 4.28. The molecule has 2 rings (SSSR count). The summed E-state index contributed by atoms with van der Waals surface area (Å²) in [5.41, 5.74) is 2.23. The predicted molar refractivity (Wildman–Crippen MR) is 65.0 cm³/mol. The molecule has 0 N–H and O–H groups in total. The molecule has 0 amide bonds. The van der Waals surface area contributed by atoms with Crippen LogP contribution in [0, 0.1) is 0 Å². The van der Waals surface area contributed by atoms with Gasteiger partial charge in [-0.2, -0.15) is 0 Å². The molecule has 1 heterocycles. The van der Waals surface area contributed by atoms with Crippen molar-refractivity contribution in [2.75, 3.05) is 7.11 Å². The molecule has 0 bridgehead atoms. The minimum absolute atomic E-state index is 0.755. The lowest BCUT2D eigenvalue weighted by molar-refractivity contribution is 0.414. The largest absolute Gasteiger partial charge is 0.497 e. The summed E-state index contributed by atoms with van der Waals surface area (Å²) in [7, 11) is 1.66. The van der Waals surface area contributed by atoms with Gasteiger partial charge in [0.1, 0.15) is 5.75 Å². The lowest BCUT2D eigenvalue weighted by Crippen LogP contribution is -1.91. The molecule has 1 aromatic heterocycles. The number of ether oxygens (including phenoxy) is 1. The molecule has 1 aromatic carbocycles. The summed E-state index contributed by atoms with van der Waals surface area (Å²) in [5.74, 6) is 0.862. The summed E-state index contributed by atoms with van der Waals surface area (Å²) in [5, 5.41) is 0.755. The zero-order chi connectivity index (χ0) is 11.4. The second kappa shape index (κ2) is 4.99. The van der Waals surface area contributed by atoms with Crippen molar-refractivity contribution in [3.05, 3.63) is 58.9 Å². The third kappa shape index (κ3) is 2.52. The number of aromatic nitrogens is 1. The molecule has 0 saturated heterocycles. The Morgan fingerprint density at radius 1 is 1.19 bits per heavy atom. The van der Waals surface area contributed by atoms with Crippen LogP contribution >= 0.6 is 11.6 Å². The van der Waals surface area contributed by atoms with Crippen molar-refractivity contribution in [1.29, 1.82) is 0 Å². The highest BCUT2D eigenvalue weighted by atomic mass is 35.5. The quantitative estimate of drug-likeness (QED) is 0.811. The zero-order valence-corrected chi connectivity index (χ0v) is 9.74. The number of rotatable bonds is 3. The van der Waals surface area contributed by atoms with Gasteiger partial charge in [0.25, 0.3) is 0 Å². The second-order valence-corrected chi connectivity index (χ2v) is 3.90. The molecule has 0 unspecified atom stereocenters. The van der Waals surface area contributed by atoms with Gasteiger partial charge < -0.3 is 4.74 Å². The molecule has 3 heteroatoms. The SMILES string of the molecule is COc1ccc(Cc2cnccc2Cl)cc1. The molecule has 0 aliphatic carbocycles. The molecule has 0 radical (unpaired) electrons. The van der Waals surface area contributed by atoms with Gasteiger partial charge in [-0.1, -0.05) is 23.7 Å². The minimum Gasteiger partial charge on any atom is -0.497 e. The first-order valence-corrected chi connectivity index (χ1v) is 5.38. The first-order chi connectivity index (χ1) is 7.79. The molecule has 16 heavy (non-hydrogen) atoms. The summed E-state index contributed by atoms with van der Waals surface area (Å²) < 4.78 is 5.10. The van der Waals surface area contributed by atoms with Gasteiger partial charge in [-0.3, -0.25) is 4.98 Å². The average Bonchev–Trinajstić information content (AvgIpc) is 2.33. The van der Waals surface area contributed by atoms with Crippen LogP contribution < -0.4 is 4.74 Å². The smallest absolute Gasteiger partial charge is 0.118 e. The Balaban J connectivity index is 2.18. The lowest BCUT2D eigenvalue weighted by Gasteiger charge is -2.04. The van der Waals surface area contributed by atoms with Crippen molar-refractivity contribution < 1.29 is 4.74 Å². The van der Waals surface area contributed by atoms with E-state index >= 15 is 0 Å². The fourth-order valence-electron chi connectivity index (χ4n) is 1.50. The van der Waals surface area contributed by atoms with E-state index in [0.717, 1.165) is 22.8 Å². The van der Waals surface area contributed by atoms with E-state index in [1.54, 1.807) is 25.6 Å². The van der Waals surface area contributed by atoms with Crippen molar-refractivity contribution in [2.45, 2.75) is 6.42 Å². The number of hydrogen-bond donors (Lipinski definition) is 0. The topological polar surface area (TPSA) is 22.1 Å². The van der Waals surface area contributed by atoms with Crippen LogP contribution in [0.15, 0.2) is 42.7 Å². The number of benzene rings is 1. The Labute approximate surface area is 99.9 Å². The van der Waals surface area contributed by atoms with Crippen LogP contribution in [0.4, 0.5) is 0 Å². The van der Waals surface area contributed by atoms with Gasteiger partial charge in [-0.15, -0.1) is 0 Å². The number of nitrogens with zero attached hydrogens (tertiary/aromatic N) is 1. The third-order valence-electron chi connectivity index (χ3n) is 2.40. The number of methoxy groups -OCH3 is 1. The standard InChI is InChI=1S/C13H12ClNO/c1-16-12-4-2-10(3-5-12)8-11-9-15-7-6-13(11)14/h2-7,9H,8H2,1H3. The maximum Gasteiger partial charge on any atom is 0.118 e. The van der Waals surface area contributed by atoms with E-state index in [0.29, 0.717) is 0 Å². The molecule has 82 valence electrons. The monoisotopic (exact) mass is 233 g/mol.